The Morgan fingerprint density at radius 1 is 1.38 bits per heavy atom. The van der Waals surface area contributed by atoms with Gasteiger partial charge in [-0.1, -0.05) is 6.07 Å². The molecule has 1 aromatic carbocycles. The molecule has 1 aromatic rings. The number of nitrogens with one attached hydrogen (secondary N) is 3. The van der Waals surface area contributed by atoms with Gasteiger partial charge in [0.05, 0.1) is 12.2 Å². The molecule has 1 aliphatic rings. The van der Waals surface area contributed by atoms with Crippen molar-refractivity contribution in [3.63, 3.8) is 0 Å². The van der Waals surface area contributed by atoms with Crippen molar-refractivity contribution in [1.29, 1.82) is 0 Å². The summed E-state index contributed by atoms with van der Waals surface area (Å²) in [5.41, 5.74) is 1.65. The van der Waals surface area contributed by atoms with Gasteiger partial charge in [-0.25, -0.2) is 0 Å². The van der Waals surface area contributed by atoms with E-state index < -0.39 is 0 Å². The van der Waals surface area contributed by atoms with E-state index >= 15 is 0 Å². The van der Waals surface area contributed by atoms with Crippen LogP contribution in [0.5, 0.6) is 5.75 Å². The summed E-state index contributed by atoms with van der Waals surface area (Å²) in [7, 11) is 0. The molecule has 1 heterocycles. The van der Waals surface area contributed by atoms with E-state index in [2.05, 4.69) is 16.0 Å². The highest BCUT2D eigenvalue weighted by Gasteiger charge is 2.17. The maximum Gasteiger partial charge on any atom is 0.262 e. The molecule has 114 valence electrons. The second-order valence-electron chi connectivity index (χ2n) is 5.42. The number of benzene rings is 1. The molecule has 3 N–H and O–H groups in total. The van der Waals surface area contributed by atoms with Crippen LogP contribution in [0, 0.1) is 0 Å². The highest BCUT2D eigenvalue weighted by Crippen LogP contribution is 2.30. The molecule has 1 unspecified atom stereocenters. The second kappa shape index (κ2) is 6.58. The van der Waals surface area contributed by atoms with Crippen LogP contribution < -0.4 is 20.7 Å². The van der Waals surface area contributed by atoms with Gasteiger partial charge in [-0.05, 0) is 38.5 Å². The van der Waals surface area contributed by atoms with Crippen LogP contribution in [0.3, 0.4) is 0 Å². The van der Waals surface area contributed by atoms with Gasteiger partial charge >= 0.3 is 0 Å². The first-order valence-electron chi connectivity index (χ1n) is 7.05. The van der Waals surface area contributed by atoms with Crippen LogP contribution in [-0.4, -0.2) is 31.0 Å². The van der Waals surface area contributed by atoms with E-state index in [0.717, 1.165) is 5.56 Å². The Labute approximate surface area is 124 Å². The zero-order valence-electron chi connectivity index (χ0n) is 12.5. The minimum atomic E-state index is -0.156. The number of ether oxygens (including phenoxy) is 1. The van der Waals surface area contributed by atoms with Crippen molar-refractivity contribution in [3.05, 3.63) is 23.8 Å². The Bertz CT molecular complexity index is 543. The molecule has 0 aromatic heterocycles. The Hall–Kier alpha value is -2.08. The maximum atomic E-state index is 11.6. The Morgan fingerprint density at radius 2 is 2.14 bits per heavy atom. The predicted molar refractivity (Wildman–Crippen MR) is 80.3 cm³/mol. The normalized spacial score (nSPS) is 15.0. The van der Waals surface area contributed by atoms with Gasteiger partial charge in [0.15, 0.2) is 6.61 Å². The van der Waals surface area contributed by atoms with E-state index in [4.69, 9.17) is 4.74 Å². The summed E-state index contributed by atoms with van der Waals surface area (Å²) in [6.45, 7) is 6.12. The second-order valence-corrected chi connectivity index (χ2v) is 5.42. The molecule has 0 aliphatic carbocycles. The minimum Gasteiger partial charge on any atom is -0.482 e. The predicted octanol–water partition coefficient (Wildman–Crippen LogP) is 1.19. The van der Waals surface area contributed by atoms with Crippen molar-refractivity contribution in [1.82, 2.24) is 10.6 Å². The van der Waals surface area contributed by atoms with Crippen LogP contribution in [0.4, 0.5) is 5.69 Å². The molecular formula is C15H21N3O3. The average molecular weight is 291 g/mol. The zero-order valence-corrected chi connectivity index (χ0v) is 12.5. The molecule has 2 rings (SSSR count). The number of amides is 2. The standard InChI is InChI=1S/C15H21N3O3/c1-9(2)17-14(19)7-16-10(3)11-4-5-13-12(6-11)18-15(20)8-21-13/h4-6,9-10,16H,7-8H2,1-3H3,(H,17,19)(H,18,20). The van der Waals surface area contributed by atoms with E-state index in [9.17, 15) is 9.59 Å². The van der Waals surface area contributed by atoms with Crippen molar-refractivity contribution in [3.8, 4) is 5.75 Å². The number of fused-ring (bicyclic) bond motifs is 1. The smallest absolute Gasteiger partial charge is 0.262 e. The van der Waals surface area contributed by atoms with Crippen LogP contribution in [0.1, 0.15) is 32.4 Å². The summed E-state index contributed by atoms with van der Waals surface area (Å²) in [6.07, 6.45) is 0. The molecule has 1 atom stereocenters. The van der Waals surface area contributed by atoms with Crippen molar-refractivity contribution in [2.24, 2.45) is 0 Å². The molecule has 0 spiro atoms. The molecule has 0 saturated carbocycles. The first-order valence-corrected chi connectivity index (χ1v) is 7.05. The average Bonchev–Trinajstić information content (AvgIpc) is 2.43. The lowest BCUT2D eigenvalue weighted by molar-refractivity contribution is -0.121. The number of anilines is 1. The molecule has 0 bridgehead atoms. The molecule has 6 heteroatoms. The maximum absolute atomic E-state index is 11.6. The SMILES string of the molecule is CC(C)NC(=O)CNC(C)c1ccc2c(c1)NC(=O)CO2. The van der Waals surface area contributed by atoms with Crippen molar-refractivity contribution < 1.29 is 14.3 Å². The molecule has 0 radical (unpaired) electrons. The fraction of sp³-hybridized carbons (Fsp3) is 0.467. The van der Waals surface area contributed by atoms with Crippen LogP contribution in [-0.2, 0) is 9.59 Å². The fourth-order valence-electron chi connectivity index (χ4n) is 2.11. The summed E-state index contributed by atoms with van der Waals surface area (Å²) in [6, 6.07) is 5.74. The molecule has 0 saturated heterocycles. The lowest BCUT2D eigenvalue weighted by Crippen LogP contribution is -2.38. The Balaban J connectivity index is 1.96. The fourth-order valence-corrected chi connectivity index (χ4v) is 2.11. The number of hydrogen-bond acceptors (Lipinski definition) is 4. The highest BCUT2D eigenvalue weighted by atomic mass is 16.5. The molecule has 1 aliphatic heterocycles. The Morgan fingerprint density at radius 3 is 2.86 bits per heavy atom. The Kier molecular flexibility index (Phi) is 4.80. The van der Waals surface area contributed by atoms with E-state index in [1.807, 2.05) is 39.0 Å². The van der Waals surface area contributed by atoms with E-state index in [-0.39, 0.29) is 37.0 Å². The number of carbonyl (C=O) groups excluding carboxylic acids is 2. The topological polar surface area (TPSA) is 79.5 Å². The van der Waals surface area contributed by atoms with Crippen molar-refractivity contribution in [2.75, 3.05) is 18.5 Å². The van der Waals surface area contributed by atoms with Gasteiger partial charge in [-0.2, -0.15) is 0 Å². The number of hydrogen-bond donors (Lipinski definition) is 3. The quantitative estimate of drug-likeness (QED) is 0.761. The number of rotatable bonds is 5. The van der Waals surface area contributed by atoms with Gasteiger partial charge in [0, 0.05) is 12.1 Å². The molecular weight excluding hydrogens is 270 g/mol. The van der Waals surface area contributed by atoms with Gasteiger partial charge < -0.3 is 20.7 Å². The van der Waals surface area contributed by atoms with Crippen LogP contribution >= 0.6 is 0 Å². The van der Waals surface area contributed by atoms with E-state index in [1.165, 1.54) is 0 Å². The minimum absolute atomic E-state index is 0.00737. The van der Waals surface area contributed by atoms with Crippen LogP contribution in [0.25, 0.3) is 0 Å². The number of carbonyl (C=O) groups is 2. The monoisotopic (exact) mass is 291 g/mol. The van der Waals surface area contributed by atoms with Gasteiger partial charge in [-0.3, -0.25) is 9.59 Å². The summed E-state index contributed by atoms with van der Waals surface area (Å²) in [5.74, 6) is 0.478. The van der Waals surface area contributed by atoms with Crippen molar-refractivity contribution in [2.45, 2.75) is 32.9 Å². The van der Waals surface area contributed by atoms with E-state index in [1.54, 1.807) is 0 Å². The van der Waals surface area contributed by atoms with Gasteiger partial charge in [0.1, 0.15) is 5.75 Å². The third kappa shape index (κ3) is 4.19. The first-order chi connectivity index (χ1) is 9.95. The molecule has 0 fully saturated rings. The molecule has 6 nitrogen and oxygen atoms in total. The van der Waals surface area contributed by atoms with Crippen LogP contribution in [0.15, 0.2) is 18.2 Å². The molecule has 2 amide bonds. The first kappa shape index (κ1) is 15.3. The van der Waals surface area contributed by atoms with E-state index in [0.29, 0.717) is 11.4 Å². The summed E-state index contributed by atoms with van der Waals surface area (Å²) < 4.78 is 5.32. The third-order valence-corrected chi connectivity index (χ3v) is 3.15. The summed E-state index contributed by atoms with van der Waals surface area (Å²) in [4.78, 5) is 22.9. The van der Waals surface area contributed by atoms with Crippen molar-refractivity contribution >= 4 is 17.5 Å². The summed E-state index contributed by atoms with van der Waals surface area (Å²) >= 11 is 0. The zero-order chi connectivity index (χ0) is 15.4. The van der Waals surface area contributed by atoms with Gasteiger partial charge in [-0.15, -0.1) is 0 Å². The largest absolute Gasteiger partial charge is 0.482 e. The van der Waals surface area contributed by atoms with Gasteiger partial charge in [0.25, 0.3) is 5.91 Å². The highest BCUT2D eigenvalue weighted by molar-refractivity contribution is 5.95. The third-order valence-electron chi connectivity index (χ3n) is 3.15. The summed E-state index contributed by atoms with van der Waals surface area (Å²) in [5, 5.41) is 8.76. The van der Waals surface area contributed by atoms with Gasteiger partial charge in [0.2, 0.25) is 5.91 Å². The van der Waals surface area contributed by atoms with Crippen LogP contribution in [0.2, 0.25) is 0 Å². The lowest BCUT2D eigenvalue weighted by Gasteiger charge is -2.21. The lowest BCUT2D eigenvalue weighted by atomic mass is 10.1. The molecule has 21 heavy (non-hydrogen) atoms.